The molecule has 0 spiro atoms. The second-order valence-electron chi connectivity index (χ2n) is 5.92. The zero-order chi connectivity index (χ0) is 15.6. The van der Waals surface area contributed by atoms with Gasteiger partial charge in [0.15, 0.2) is 0 Å². The van der Waals surface area contributed by atoms with Crippen LogP contribution in [-0.2, 0) is 12.8 Å². The lowest BCUT2D eigenvalue weighted by Gasteiger charge is -2.15. The molecule has 0 bridgehead atoms. The maximum absolute atomic E-state index is 6.38. The minimum absolute atomic E-state index is 0.384. The molecule has 3 nitrogen and oxygen atoms in total. The van der Waals surface area contributed by atoms with Gasteiger partial charge in [0.1, 0.15) is 11.5 Å². The normalized spacial score (nSPS) is 17.5. The Labute approximate surface area is 140 Å². The second-order valence-corrected chi connectivity index (χ2v) is 6.33. The molecule has 4 heteroatoms. The number of rotatable bonds is 2. The summed E-state index contributed by atoms with van der Waals surface area (Å²) in [6.45, 7) is 0. The molecule has 116 valence electrons. The van der Waals surface area contributed by atoms with Gasteiger partial charge < -0.3 is 4.42 Å². The molecule has 0 saturated carbocycles. The van der Waals surface area contributed by atoms with Crippen molar-refractivity contribution in [1.82, 2.24) is 9.97 Å². The van der Waals surface area contributed by atoms with E-state index < -0.39 is 0 Å². The highest BCUT2D eigenvalue weighted by molar-refractivity contribution is 6.31. The van der Waals surface area contributed by atoms with Gasteiger partial charge in [0.2, 0.25) is 5.89 Å². The first kappa shape index (κ1) is 14.5. The molecule has 0 amide bonds. The molecule has 2 aromatic heterocycles. The number of aryl methyl sites for hydroxylation is 1. The van der Waals surface area contributed by atoms with Crippen molar-refractivity contribution >= 4 is 11.6 Å². The van der Waals surface area contributed by atoms with E-state index in [4.69, 9.17) is 16.0 Å². The number of benzene rings is 1. The number of hydrogen-bond donors (Lipinski definition) is 0. The van der Waals surface area contributed by atoms with Crippen LogP contribution in [0.3, 0.4) is 0 Å². The van der Waals surface area contributed by atoms with E-state index >= 15 is 0 Å². The first-order valence-electron chi connectivity index (χ1n) is 7.95. The predicted octanol–water partition coefficient (Wildman–Crippen LogP) is 5.05. The molecular weight excluding hydrogens is 308 g/mol. The Bertz CT molecular complexity index is 813. The van der Waals surface area contributed by atoms with Crippen LogP contribution in [0.5, 0.6) is 0 Å². The number of pyridine rings is 1. The van der Waals surface area contributed by atoms with Gasteiger partial charge in [-0.2, -0.15) is 0 Å². The fourth-order valence-corrected chi connectivity index (χ4v) is 3.54. The first-order valence-corrected chi connectivity index (χ1v) is 8.33. The number of fused-ring (bicyclic) bond motifs is 1. The van der Waals surface area contributed by atoms with E-state index in [1.54, 1.807) is 6.20 Å². The smallest absolute Gasteiger partial charge is 0.245 e. The molecule has 23 heavy (non-hydrogen) atoms. The van der Waals surface area contributed by atoms with Crippen molar-refractivity contribution in [3.63, 3.8) is 0 Å². The van der Waals surface area contributed by atoms with Crippen molar-refractivity contribution in [2.75, 3.05) is 0 Å². The summed E-state index contributed by atoms with van der Waals surface area (Å²) in [4.78, 5) is 9.00. The lowest BCUT2D eigenvalue weighted by atomic mass is 9.92. The molecule has 1 aliphatic rings. The van der Waals surface area contributed by atoms with Crippen molar-refractivity contribution in [3.05, 3.63) is 70.7 Å². The molecule has 3 aromatic rings. The highest BCUT2D eigenvalue weighted by Crippen LogP contribution is 2.36. The molecule has 4 rings (SSSR count). The maximum Gasteiger partial charge on any atom is 0.245 e. The lowest BCUT2D eigenvalue weighted by Crippen LogP contribution is -2.02. The summed E-state index contributed by atoms with van der Waals surface area (Å²) >= 11 is 6.38. The van der Waals surface area contributed by atoms with Gasteiger partial charge in [0.25, 0.3) is 0 Å². The van der Waals surface area contributed by atoms with E-state index in [-0.39, 0.29) is 0 Å². The van der Waals surface area contributed by atoms with Crippen LogP contribution >= 0.6 is 11.6 Å². The molecule has 0 saturated heterocycles. The monoisotopic (exact) mass is 324 g/mol. The second kappa shape index (κ2) is 6.17. The number of hydrogen-bond acceptors (Lipinski definition) is 3. The van der Waals surface area contributed by atoms with E-state index in [0.29, 0.717) is 11.8 Å². The third kappa shape index (κ3) is 2.89. The Morgan fingerprint density at radius 3 is 2.78 bits per heavy atom. The molecule has 1 aromatic carbocycles. The molecule has 1 aliphatic carbocycles. The Hall–Kier alpha value is -2.13. The van der Waals surface area contributed by atoms with Crippen LogP contribution in [0.15, 0.2) is 53.1 Å². The van der Waals surface area contributed by atoms with Crippen LogP contribution < -0.4 is 0 Å². The molecule has 2 heterocycles. The topological polar surface area (TPSA) is 38.9 Å². The first-order chi connectivity index (χ1) is 11.3. The third-order valence-electron chi connectivity index (χ3n) is 4.41. The summed E-state index contributed by atoms with van der Waals surface area (Å²) < 4.78 is 6.05. The number of nitrogens with zero attached hydrogens (tertiary/aromatic N) is 2. The standard InChI is InChI=1S/C19H17ClN2O/c20-15-8-2-1-7-14(15)13-6-5-10-16-18(12-13)23-19(22-16)17-9-3-4-11-21-17/h1-4,7-9,11,13H,5-6,10,12H2. The predicted molar refractivity (Wildman–Crippen MR) is 90.6 cm³/mol. The molecule has 0 aliphatic heterocycles. The number of halogens is 1. The summed E-state index contributed by atoms with van der Waals surface area (Å²) in [6, 6.07) is 13.9. The zero-order valence-corrected chi connectivity index (χ0v) is 13.5. The van der Waals surface area contributed by atoms with Crippen molar-refractivity contribution in [2.45, 2.75) is 31.6 Å². The quantitative estimate of drug-likeness (QED) is 0.619. The van der Waals surface area contributed by atoms with Gasteiger partial charge in [-0.25, -0.2) is 4.98 Å². The van der Waals surface area contributed by atoms with Gasteiger partial charge in [-0.1, -0.05) is 35.9 Å². The largest absolute Gasteiger partial charge is 0.440 e. The zero-order valence-electron chi connectivity index (χ0n) is 12.7. The Morgan fingerprint density at radius 1 is 1.09 bits per heavy atom. The summed E-state index contributed by atoms with van der Waals surface area (Å²) in [7, 11) is 0. The maximum atomic E-state index is 6.38. The third-order valence-corrected chi connectivity index (χ3v) is 4.75. The lowest BCUT2D eigenvalue weighted by molar-refractivity contribution is 0.487. The van der Waals surface area contributed by atoms with Gasteiger partial charge in [0, 0.05) is 17.6 Å². The van der Waals surface area contributed by atoms with Crippen LogP contribution in [0.2, 0.25) is 5.02 Å². The van der Waals surface area contributed by atoms with Crippen LogP contribution in [0, 0.1) is 0 Å². The van der Waals surface area contributed by atoms with Crippen molar-refractivity contribution in [1.29, 1.82) is 0 Å². The van der Waals surface area contributed by atoms with Crippen molar-refractivity contribution in [2.24, 2.45) is 0 Å². The molecule has 0 radical (unpaired) electrons. The van der Waals surface area contributed by atoms with E-state index in [9.17, 15) is 0 Å². The van der Waals surface area contributed by atoms with Crippen LogP contribution in [0.4, 0.5) is 0 Å². The minimum atomic E-state index is 0.384. The average Bonchev–Trinajstić information content (AvgIpc) is 2.88. The number of aromatic nitrogens is 2. The molecule has 0 fully saturated rings. The van der Waals surface area contributed by atoms with Gasteiger partial charge in [0.05, 0.1) is 5.69 Å². The highest BCUT2D eigenvalue weighted by atomic mass is 35.5. The van der Waals surface area contributed by atoms with Crippen molar-refractivity contribution in [3.8, 4) is 11.6 Å². The highest BCUT2D eigenvalue weighted by Gasteiger charge is 2.25. The fraction of sp³-hybridized carbons (Fsp3) is 0.263. The fourth-order valence-electron chi connectivity index (χ4n) is 3.25. The molecule has 1 unspecified atom stereocenters. The van der Waals surface area contributed by atoms with Crippen LogP contribution in [-0.4, -0.2) is 9.97 Å². The van der Waals surface area contributed by atoms with E-state index in [2.05, 4.69) is 16.0 Å². The van der Waals surface area contributed by atoms with E-state index in [1.165, 1.54) is 5.56 Å². The summed E-state index contributed by atoms with van der Waals surface area (Å²) in [5.74, 6) is 1.98. The van der Waals surface area contributed by atoms with Gasteiger partial charge in [-0.05, 0) is 48.9 Å². The van der Waals surface area contributed by atoms with E-state index in [1.807, 2.05) is 36.4 Å². The van der Waals surface area contributed by atoms with Gasteiger partial charge in [-0.15, -0.1) is 0 Å². The van der Waals surface area contributed by atoms with Crippen LogP contribution in [0.25, 0.3) is 11.6 Å². The van der Waals surface area contributed by atoms with Gasteiger partial charge in [-0.3, -0.25) is 4.98 Å². The molecule has 0 N–H and O–H groups in total. The van der Waals surface area contributed by atoms with Crippen LogP contribution in [0.1, 0.15) is 35.8 Å². The summed E-state index contributed by atoms with van der Waals surface area (Å²) in [5.41, 5.74) is 3.06. The number of oxazole rings is 1. The Kier molecular flexibility index (Phi) is 3.88. The minimum Gasteiger partial charge on any atom is -0.440 e. The Morgan fingerprint density at radius 2 is 1.96 bits per heavy atom. The molecule has 1 atom stereocenters. The SMILES string of the molecule is Clc1ccccc1C1CCCc2nc(-c3ccccn3)oc2C1. The molecular formula is C19H17ClN2O. The summed E-state index contributed by atoms with van der Waals surface area (Å²) in [5, 5.41) is 0.838. The van der Waals surface area contributed by atoms with Gasteiger partial charge >= 0.3 is 0 Å². The van der Waals surface area contributed by atoms with Crippen molar-refractivity contribution < 1.29 is 4.42 Å². The van der Waals surface area contributed by atoms with E-state index in [0.717, 1.165) is 47.9 Å². The Balaban J connectivity index is 1.67. The summed E-state index contributed by atoms with van der Waals surface area (Å²) in [6.07, 6.45) is 5.76. The average molecular weight is 325 g/mol.